The molecule has 0 aromatic carbocycles. The summed E-state index contributed by atoms with van der Waals surface area (Å²) in [5.74, 6) is 1.75. The summed E-state index contributed by atoms with van der Waals surface area (Å²) in [7, 11) is 0. The van der Waals surface area contributed by atoms with Gasteiger partial charge in [-0.2, -0.15) is 0 Å². The average molecular weight is 226 g/mol. The Morgan fingerprint density at radius 2 is 1.81 bits per heavy atom. The lowest BCUT2D eigenvalue weighted by Crippen LogP contribution is -2.42. The molecule has 0 radical (unpaired) electrons. The van der Waals surface area contributed by atoms with Gasteiger partial charge >= 0.3 is 0 Å². The first-order valence-corrected chi connectivity index (χ1v) is 7.03. The first-order chi connectivity index (χ1) is 7.56. The lowest BCUT2D eigenvalue weighted by molar-refractivity contribution is 0.224. The number of nitrogens with zero attached hydrogens (tertiary/aromatic N) is 1. The molecule has 0 bridgehead atoms. The lowest BCUT2D eigenvalue weighted by atomic mass is 10.00. The highest BCUT2D eigenvalue weighted by molar-refractivity contribution is 4.88. The van der Waals surface area contributed by atoms with E-state index in [0.717, 1.165) is 31.0 Å². The van der Waals surface area contributed by atoms with Crippen LogP contribution in [0.25, 0.3) is 0 Å². The van der Waals surface area contributed by atoms with Gasteiger partial charge in [0.15, 0.2) is 0 Å². The number of hydrogen-bond acceptors (Lipinski definition) is 2. The van der Waals surface area contributed by atoms with E-state index in [1.165, 1.54) is 19.4 Å². The van der Waals surface area contributed by atoms with Gasteiger partial charge in [-0.1, -0.05) is 20.8 Å². The topological polar surface area (TPSA) is 15.3 Å². The normalized spacial score (nSPS) is 18.8. The molecule has 1 atom stereocenters. The number of likely N-dealkylation sites (N-methyl/N-ethyl adjacent to an activating group) is 1. The van der Waals surface area contributed by atoms with Crippen molar-refractivity contribution in [2.24, 2.45) is 11.8 Å². The van der Waals surface area contributed by atoms with Gasteiger partial charge in [0.05, 0.1) is 0 Å². The summed E-state index contributed by atoms with van der Waals surface area (Å²) in [4.78, 5) is 2.53. The van der Waals surface area contributed by atoms with Crippen molar-refractivity contribution in [3.8, 4) is 0 Å². The maximum Gasteiger partial charge on any atom is 0.0119 e. The van der Waals surface area contributed by atoms with Gasteiger partial charge in [-0.05, 0) is 45.1 Å². The first-order valence-electron chi connectivity index (χ1n) is 7.03. The average Bonchev–Trinajstić information content (AvgIpc) is 3.00. The van der Waals surface area contributed by atoms with Crippen LogP contribution in [0.1, 0.15) is 47.5 Å². The predicted octanol–water partition coefficient (Wildman–Crippen LogP) is 2.74. The van der Waals surface area contributed by atoms with Crippen LogP contribution in [0.5, 0.6) is 0 Å². The molecule has 0 spiro atoms. The summed E-state index contributed by atoms with van der Waals surface area (Å²) in [5.41, 5.74) is 0. The minimum absolute atomic E-state index is 0.672. The van der Waals surface area contributed by atoms with Crippen molar-refractivity contribution in [3.05, 3.63) is 0 Å². The quantitative estimate of drug-likeness (QED) is 0.684. The van der Waals surface area contributed by atoms with E-state index in [-0.39, 0.29) is 0 Å². The zero-order valence-electron chi connectivity index (χ0n) is 11.8. The van der Waals surface area contributed by atoms with E-state index in [1.807, 2.05) is 0 Å². The second kappa shape index (κ2) is 6.61. The van der Waals surface area contributed by atoms with Gasteiger partial charge in [-0.15, -0.1) is 0 Å². The molecule has 1 fully saturated rings. The molecule has 0 saturated heterocycles. The third-order valence-electron chi connectivity index (χ3n) is 3.76. The highest BCUT2D eigenvalue weighted by Crippen LogP contribution is 2.35. The third-order valence-corrected chi connectivity index (χ3v) is 3.76. The number of hydrogen-bond donors (Lipinski definition) is 1. The Hall–Kier alpha value is -0.0800. The van der Waals surface area contributed by atoms with Crippen LogP contribution in [-0.2, 0) is 0 Å². The molecule has 1 aliphatic rings. The largest absolute Gasteiger partial charge is 0.312 e. The SMILES string of the molecule is CCN(CCNC(C(C)C)C1CC1)C(C)C. The van der Waals surface area contributed by atoms with Crippen LogP contribution >= 0.6 is 0 Å². The standard InChI is InChI=1S/C14H30N2/c1-6-16(12(4)5)10-9-15-14(11(2)3)13-7-8-13/h11-15H,6-10H2,1-5H3. The van der Waals surface area contributed by atoms with E-state index < -0.39 is 0 Å². The van der Waals surface area contributed by atoms with Gasteiger partial charge in [0.25, 0.3) is 0 Å². The summed E-state index contributed by atoms with van der Waals surface area (Å²) in [6, 6.07) is 1.43. The Balaban J connectivity index is 2.21. The molecule has 0 aromatic rings. The molecular formula is C14H30N2. The van der Waals surface area contributed by atoms with Crippen LogP contribution in [0, 0.1) is 11.8 Å². The van der Waals surface area contributed by atoms with Gasteiger partial charge in [0, 0.05) is 25.2 Å². The molecular weight excluding hydrogens is 196 g/mol. The van der Waals surface area contributed by atoms with Crippen molar-refractivity contribution >= 4 is 0 Å². The fourth-order valence-corrected chi connectivity index (χ4v) is 2.56. The van der Waals surface area contributed by atoms with Crippen LogP contribution < -0.4 is 5.32 Å². The first kappa shape index (κ1) is 14.0. The zero-order valence-corrected chi connectivity index (χ0v) is 11.8. The van der Waals surface area contributed by atoms with Crippen molar-refractivity contribution in [1.29, 1.82) is 0 Å². The monoisotopic (exact) mass is 226 g/mol. The van der Waals surface area contributed by atoms with E-state index >= 15 is 0 Å². The highest BCUT2D eigenvalue weighted by atomic mass is 15.2. The molecule has 2 heteroatoms. The summed E-state index contributed by atoms with van der Waals surface area (Å²) < 4.78 is 0. The van der Waals surface area contributed by atoms with E-state index in [0.29, 0.717) is 6.04 Å². The minimum atomic E-state index is 0.672. The van der Waals surface area contributed by atoms with Crippen molar-refractivity contribution < 1.29 is 0 Å². The Bertz CT molecular complexity index is 183. The van der Waals surface area contributed by atoms with Gasteiger partial charge < -0.3 is 5.32 Å². The fraction of sp³-hybridized carbons (Fsp3) is 1.00. The Kier molecular flexibility index (Phi) is 5.77. The fourth-order valence-electron chi connectivity index (χ4n) is 2.56. The Labute approximate surface area is 102 Å². The summed E-state index contributed by atoms with van der Waals surface area (Å²) in [6.45, 7) is 15.0. The van der Waals surface area contributed by atoms with E-state index in [1.54, 1.807) is 0 Å². The van der Waals surface area contributed by atoms with Crippen LogP contribution in [0.2, 0.25) is 0 Å². The number of rotatable bonds is 8. The van der Waals surface area contributed by atoms with Crippen molar-refractivity contribution in [2.45, 2.75) is 59.5 Å². The smallest absolute Gasteiger partial charge is 0.0119 e. The lowest BCUT2D eigenvalue weighted by Gasteiger charge is -2.27. The summed E-state index contributed by atoms with van der Waals surface area (Å²) in [6.07, 6.45) is 2.88. The maximum absolute atomic E-state index is 3.76. The van der Waals surface area contributed by atoms with Crippen LogP contribution in [-0.4, -0.2) is 36.6 Å². The molecule has 0 heterocycles. The molecule has 0 aliphatic heterocycles. The van der Waals surface area contributed by atoms with Crippen molar-refractivity contribution in [1.82, 2.24) is 10.2 Å². The third kappa shape index (κ3) is 4.42. The predicted molar refractivity (Wildman–Crippen MR) is 71.7 cm³/mol. The van der Waals surface area contributed by atoms with E-state index in [9.17, 15) is 0 Å². The molecule has 1 rings (SSSR count). The summed E-state index contributed by atoms with van der Waals surface area (Å²) in [5, 5.41) is 3.76. The zero-order chi connectivity index (χ0) is 12.1. The van der Waals surface area contributed by atoms with E-state index in [2.05, 4.69) is 44.8 Å². The molecule has 1 N–H and O–H groups in total. The molecule has 96 valence electrons. The molecule has 0 amide bonds. The molecule has 2 nitrogen and oxygen atoms in total. The van der Waals surface area contributed by atoms with E-state index in [4.69, 9.17) is 0 Å². The highest BCUT2D eigenvalue weighted by Gasteiger charge is 2.32. The van der Waals surface area contributed by atoms with Gasteiger partial charge in [-0.25, -0.2) is 0 Å². The second-order valence-electron chi connectivity index (χ2n) is 5.78. The van der Waals surface area contributed by atoms with Crippen LogP contribution in [0.4, 0.5) is 0 Å². The second-order valence-corrected chi connectivity index (χ2v) is 5.78. The minimum Gasteiger partial charge on any atom is -0.312 e. The van der Waals surface area contributed by atoms with Gasteiger partial charge in [0.1, 0.15) is 0 Å². The Morgan fingerprint density at radius 3 is 2.19 bits per heavy atom. The molecule has 1 unspecified atom stereocenters. The Morgan fingerprint density at radius 1 is 1.19 bits per heavy atom. The number of nitrogens with one attached hydrogen (secondary N) is 1. The summed E-state index contributed by atoms with van der Waals surface area (Å²) >= 11 is 0. The molecule has 1 aliphatic carbocycles. The molecule has 16 heavy (non-hydrogen) atoms. The van der Waals surface area contributed by atoms with Gasteiger partial charge in [-0.3, -0.25) is 4.90 Å². The van der Waals surface area contributed by atoms with Gasteiger partial charge in [0.2, 0.25) is 0 Å². The van der Waals surface area contributed by atoms with Crippen molar-refractivity contribution in [2.75, 3.05) is 19.6 Å². The maximum atomic E-state index is 3.76. The molecule has 0 aromatic heterocycles. The van der Waals surface area contributed by atoms with Crippen LogP contribution in [0.3, 0.4) is 0 Å². The molecule has 1 saturated carbocycles. The van der Waals surface area contributed by atoms with Crippen molar-refractivity contribution in [3.63, 3.8) is 0 Å². The van der Waals surface area contributed by atoms with Crippen LogP contribution in [0.15, 0.2) is 0 Å².